The van der Waals surface area contributed by atoms with Gasteiger partial charge in [0.05, 0.1) is 16.9 Å². The van der Waals surface area contributed by atoms with Crippen LogP contribution < -0.4 is 0 Å². The Labute approximate surface area is 131 Å². The zero-order valence-electron chi connectivity index (χ0n) is 10.9. The van der Waals surface area contributed by atoms with Gasteiger partial charge >= 0.3 is 0 Å². The monoisotopic (exact) mass is 352 g/mol. The van der Waals surface area contributed by atoms with Crippen molar-refractivity contribution in [1.82, 2.24) is 9.78 Å². The molecule has 0 amide bonds. The van der Waals surface area contributed by atoms with Crippen molar-refractivity contribution >= 4 is 33.8 Å². The van der Waals surface area contributed by atoms with Gasteiger partial charge in [0.1, 0.15) is 5.15 Å². The van der Waals surface area contributed by atoms with Crippen LogP contribution in [0.4, 0.5) is 0 Å². The summed E-state index contributed by atoms with van der Waals surface area (Å²) < 4.78 is 2.65. The Bertz CT molecular complexity index is 630. The summed E-state index contributed by atoms with van der Waals surface area (Å²) in [6.07, 6.45) is 5.42. The summed E-state index contributed by atoms with van der Waals surface area (Å²) in [4.78, 5) is 11.4. The zero-order chi connectivity index (χ0) is 14.1. The van der Waals surface area contributed by atoms with Gasteiger partial charge in [0.2, 0.25) is 0 Å². The van der Waals surface area contributed by atoms with E-state index in [1.165, 1.54) is 12.8 Å². The number of nitrogens with zero attached hydrogens (tertiary/aromatic N) is 2. The molecule has 1 aliphatic carbocycles. The van der Waals surface area contributed by atoms with Crippen LogP contribution in [0.5, 0.6) is 0 Å². The molecule has 1 aliphatic rings. The predicted octanol–water partition coefficient (Wildman–Crippen LogP) is 4.76. The number of rotatable bonds is 3. The third-order valence-corrected chi connectivity index (χ3v) is 4.72. The first kappa shape index (κ1) is 13.8. The molecule has 2 aromatic rings. The second kappa shape index (κ2) is 5.70. The van der Waals surface area contributed by atoms with Gasteiger partial charge in [-0.3, -0.25) is 4.79 Å². The summed E-state index contributed by atoms with van der Waals surface area (Å²) in [6, 6.07) is 7.72. The average Bonchev–Trinajstić information content (AvgIpc) is 3.07. The van der Waals surface area contributed by atoms with Crippen LogP contribution in [0.15, 0.2) is 28.7 Å². The van der Waals surface area contributed by atoms with Crippen molar-refractivity contribution in [2.75, 3.05) is 0 Å². The molecule has 3 nitrogen and oxygen atoms in total. The number of hydrogen-bond donors (Lipinski definition) is 0. The van der Waals surface area contributed by atoms with Gasteiger partial charge in [0.15, 0.2) is 6.29 Å². The third kappa shape index (κ3) is 2.42. The Hall–Kier alpha value is -1.13. The first-order valence-corrected chi connectivity index (χ1v) is 7.87. The van der Waals surface area contributed by atoms with E-state index in [2.05, 4.69) is 21.0 Å². The Morgan fingerprint density at radius 1 is 1.25 bits per heavy atom. The van der Waals surface area contributed by atoms with Gasteiger partial charge in [-0.25, -0.2) is 4.68 Å². The minimum absolute atomic E-state index is 0.365. The summed E-state index contributed by atoms with van der Waals surface area (Å²) in [6.45, 7) is 0. The van der Waals surface area contributed by atoms with Crippen molar-refractivity contribution < 1.29 is 4.79 Å². The van der Waals surface area contributed by atoms with Gasteiger partial charge in [-0.2, -0.15) is 5.10 Å². The van der Waals surface area contributed by atoms with E-state index in [1.54, 1.807) is 4.68 Å². The fourth-order valence-corrected chi connectivity index (χ4v) is 3.33. The predicted molar refractivity (Wildman–Crippen MR) is 82.9 cm³/mol. The van der Waals surface area contributed by atoms with Crippen molar-refractivity contribution in [2.24, 2.45) is 0 Å². The number of halogens is 2. The highest BCUT2D eigenvalue weighted by Gasteiger charge is 2.26. The van der Waals surface area contributed by atoms with Crippen molar-refractivity contribution in [3.05, 3.63) is 45.1 Å². The molecule has 0 unspecified atom stereocenters. The maximum absolute atomic E-state index is 11.4. The first-order chi connectivity index (χ1) is 9.70. The Morgan fingerprint density at radius 2 is 1.90 bits per heavy atom. The van der Waals surface area contributed by atoms with Gasteiger partial charge in [-0.1, -0.05) is 40.4 Å². The van der Waals surface area contributed by atoms with Crippen LogP contribution in [0.25, 0.3) is 5.69 Å². The van der Waals surface area contributed by atoms with Gasteiger partial charge in [-0.05, 0) is 37.1 Å². The molecule has 104 valence electrons. The molecule has 0 bridgehead atoms. The minimum Gasteiger partial charge on any atom is -0.298 e. The van der Waals surface area contributed by atoms with E-state index in [0.29, 0.717) is 16.6 Å². The molecule has 0 saturated heterocycles. The lowest BCUT2D eigenvalue weighted by Gasteiger charge is -2.05. The summed E-state index contributed by atoms with van der Waals surface area (Å²) in [5.41, 5.74) is 2.26. The summed E-state index contributed by atoms with van der Waals surface area (Å²) in [5, 5.41) is 5.01. The van der Waals surface area contributed by atoms with Gasteiger partial charge in [-0.15, -0.1) is 0 Å². The second-order valence-electron chi connectivity index (χ2n) is 5.08. The maximum atomic E-state index is 11.4. The second-order valence-corrected chi connectivity index (χ2v) is 6.35. The normalized spacial score (nSPS) is 15.7. The third-order valence-electron chi connectivity index (χ3n) is 3.82. The number of benzene rings is 1. The SMILES string of the molecule is O=Cc1c(C2CCCC2)nn(-c2ccc(Br)cc2)c1Cl. The van der Waals surface area contributed by atoms with Crippen molar-refractivity contribution in [3.63, 3.8) is 0 Å². The largest absolute Gasteiger partial charge is 0.298 e. The molecular weight excluding hydrogens is 340 g/mol. The number of carbonyl (C=O) groups is 1. The fraction of sp³-hybridized carbons (Fsp3) is 0.333. The van der Waals surface area contributed by atoms with Gasteiger partial charge in [0, 0.05) is 10.4 Å². The smallest absolute Gasteiger partial charge is 0.155 e. The number of aldehydes is 1. The van der Waals surface area contributed by atoms with E-state index in [0.717, 1.165) is 35.0 Å². The summed E-state index contributed by atoms with van der Waals surface area (Å²) in [5.74, 6) is 0.365. The summed E-state index contributed by atoms with van der Waals surface area (Å²) >= 11 is 9.74. The van der Waals surface area contributed by atoms with Crippen molar-refractivity contribution in [3.8, 4) is 5.69 Å². The Kier molecular flexibility index (Phi) is 3.94. The Balaban J connectivity index is 2.07. The molecule has 3 rings (SSSR count). The van der Waals surface area contributed by atoms with Crippen molar-refractivity contribution in [1.29, 1.82) is 0 Å². The minimum atomic E-state index is 0.365. The molecule has 0 spiro atoms. The molecule has 0 aliphatic heterocycles. The molecule has 1 fully saturated rings. The highest BCUT2D eigenvalue weighted by atomic mass is 79.9. The molecule has 1 aromatic heterocycles. The highest BCUT2D eigenvalue weighted by Crippen LogP contribution is 2.37. The van der Waals surface area contributed by atoms with Gasteiger partial charge in [0.25, 0.3) is 0 Å². The molecule has 1 heterocycles. The zero-order valence-corrected chi connectivity index (χ0v) is 13.2. The van der Waals surface area contributed by atoms with Crippen LogP contribution in [0.2, 0.25) is 5.15 Å². The van der Waals surface area contributed by atoms with Crippen LogP contribution in [0.3, 0.4) is 0 Å². The first-order valence-electron chi connectivity index (χ1n) is 6.70. The van der Waals surface area contributed by atoms with Crippen LogP contribution in [0.1, 0.15) is 47.7 Å². The van der Waals surface area contributed by atoms with Crippen LogP contribution in [0, 0.1) is 0 Å². The Morgan fingerprint density at radius 3 is 2.50 bits per heavy atom. The number of hydrogen-bond acceptors (Lipinski definition) is 2. The molecule has 1 saturated carbocycles. The van der Waals surface area contributed by atoms with E-state index >= 15 is 0 Å². The number of aromatic nitrogens is 2. The summed E-state index contributed by atoms with van der Waals surface area (Å²) in [7, 11) is 0. The molecule has 0 atom stereocenters. The maximum Gasteiger partial charge on any atom is 0.155 e. The van der Waals surface area contributed by atoms with E-state index in [1.807, 2.05) is 24.3 Å². The lowest BCUT2D eigenvalue weighted by Crippen LogP contribution is -1.99. The molecule has 5 heteroatoms. The average molecular weight is 354 g/mol. The molecule has 20 heavy (non-hydrogen) atoms. The van der Waals surface area contributed by atoms with Crippen molar-refractivity contribution in [2.45, 2.75) is 31.6 Å². The van der Waals surface area contributed by atoms with Crippen LogP contribution in [-0.2, 0) is 0 Å². The standard InChI is InChI=1S/C15H14BrClN2O/c16-11-5-7-12(8-6-11)19-15(17)13(9-20)14(18-19)10-3-1-2-4-10/h5-10H,1-4H2. The van der Waals surface area contributed by atoms with E-state index in [4.69, 9.17) is 11.6 Å². The fourth-order valence-electron chi connectivity index (χ4n) is 2.79. The molecular formula is C15H14BrClN2O. The molecule has 1 aromatic carbocycles. The molecule has 0 radical (unpaired) electrons. The quantitative estimate of drug-likeness (QED) is 0.746. The topological polar surface area (TPSA) is 34.9 Å². The van der Waals surface area contributed by atoms with Gasteiger partial charge < -0.3 is 0 Å². The highest BCUT2D eigenvalue weighted by molar-refractivity contribution is 9.10. The lowest BCUT2D eigenvalue weighted by atomic mass is 10.0. The molecule has 0 N–H and O–H groups in total. The van der Waals surface area contributed by atoms with Crippen LogP contribution in [-0.4, -0.2) is 16.1 Å². The lowest BCUT2D eigenvalue weighted by molar-refractivity contribution is 0.112. The number of carbonyl (C=O) groups excluding carboxylic acids is 1. The van der Waals surface area contributed by atoms with Crippen LogP contribution >= 0.6 is 27.5 Å². The van der Waals surface area contributed by atoms with E-state index < -0.39 is 0 Å². The van der Waals surface area contributed by atoms with E-state index in [9.17, 15) is 4.79 Å². The van der Waals surface area contributed by atoms with E-state index in [-0.39, 0.29) is 0 Å².